The van der Waals surface area contributed by atoms with Crippen LogP contribution in [0, 0.1) is 11.8 Å². The van der Waals surface area contributed by atoms with Gasteiger partial charge in [0.1, 0.15) is 0 Å². The molecule has 1 heterocycles. The van der Waals surface area contributed by atoms with Crippen molar-refractivity contribution in [1.29, 1.82) is 0 Å². The summed E-state index contributed by atoms with van der Waals surface area (Å²) in [5, 5.41) is 11.0. The van der Waals surface area contributed by atoms with E-state index in [-0.39, 0.29) is 29.8 Å². The Bertz CT molecular complexity index is 1020. The third-order valence-corrected chi connectivity index (χ3v) is 4.66. The molecule has 1 fully saturated rings. The Morgan fingerprint density at radius 3 is 2.69 bits per heavy atom. The van der Waals surface area contributed by atoms with E-state index in [0.717, 1.165) is 17.4 Å². The molecule has 1 aliphatic rings. The van der Waals surface area contributed by atoms with Crippen molar-refractivity contribution in [2.45, 2.75) is 6.42 Å². The Morgan fingerprint density at radius 2 is 1.96 bits per heavy atom. The number of anilines is 1. The first-order valence-corrected chi connectivity index (χ1v) is 8.26. The topological polar surface area (TPSA) is 101 Å². The summed E-state index contributed by atoms with van der Waals surface area (Å²) in [7, 11) is 0. The first-order valence-electron chi connectivity index (χ1n) is 8.26. The number of carbonyl (C=O) groups excluding carboxylic acids is 1. The smallest absolute Gasteiger partial charge is 0.272 e. The number of amides is 1. The molecule has 134 valence electrons. The Labute approximate surface area is 156 Å². The minimum atomic E-state index is -0.217. The summed E-state index contributed by atoms with van der Waals surface area (Å²) in [4.78, 5) is 24.1. The Morgan fingerprint density at radius 1 is 1.19 bits per heavy atom. The molecule has 1 aliphatic carbocycles. The predicted octanol–water partition coefficient (Wildman–Crippen LogP) is 2.55. The Kier molecular flexibility index (Phi) is 5.06. The molecule has 0 unspecified atom stereocenters. The molecule has 4 rings (SSSR count). The van der Waals surface area contributed by atoms with E-state index in [4.69, 9.17) is 5.73 Å². The second kappa shape index (κ2) is 7.27. The molecule has 1 saturated carbocycles. The minimum Gasteiger partial charge on any atom is -0.330 e. The third-order valence-electron chi connectivity index (χ3n) is 4.66. The van der Waals surface area contributed by atoms with Crippen LogP contribution >= 0.6 is 12.4 Å². The molecule has 0 saturated heterocycles. The van der Waals surface area contributed by atoms with Crippen molar-refractivity contribution in [3.8, 4) is 11.3 Å². The van der Waals surface area contributed by atoms with Gasteiger partial charge in [-0.05, 0) is 37.1 Å². The number of aromatic amines is 1. The molecule has 1 amide bonds. The van der Waals surface area contributed by atoms with Gasteiger partial charge in [-0.1, -0.05) is 30.3 Å². The van der Waals surface area contributed by atoms with Gasteiger partial charge in [0.05, 0.1) is 11.1 Å². The van der Waals surface area contributed by atoms with Gasteiger partial charge in [0.25, 0.3) is 5.56 Å². The largest absolute Gasteiger partial charge is 0.330 e. The summed E-state index contributed by atoms with van der Waals surface area (Å²) in [6, 6.07) is 14.8. The monoisotopic (exact) mass is 370 g/mol. The standard InChI is InChI=1S/C19H18N4O2.ClH/c20-10-12-9-16(12)18(24)21-13-5-3-4-11(8-13)17-14-6-1-2-7-15(14)19(25)23-22-17;/h1-8,12,16H,9-10,20H2,(H,21,24)(H,23,25);1H/t12-,16+;/m1./s1. The first-order chi connectivity index (χ1) is 12.2. The molecule has 0 radical (unpaired) electrons. The van der Waals surface area contributed by atoms with E-state index in [1.807, 2.05) is 42.5 Å². The van der Waals surface area contributed by atoms with Crippen molar-refractivity contribution < 1.29 is 4.79 Å². The van der Waals surface area contributed by atoms with Crippen LogP contribution in [0.2, 0.25) is 0 Å². The maximum atomic E-state index is 12.2. The van der Waals surface area contributed by atoms with Gasteiger partial charge in [-0.25, -0.2) is 5.10 Å². The fourth-order valence-electron chi connectivity index (χ4n) is 3.14. The molecule has 26 heavy (non-hydrogen) atoms. The van der Waals surface area contributed by atoms with Gasteiger partial charge in [-0.3, -0.25) is 9.59 Å². The zero-order valence-electron chi connectivity index (χ0n) is 13.9. The molecule has 6 nitrogen and oxygen atoms in total. The lowest BCUT2D eigenvalue weighted by Crippen LogP contribution is -2.17. The highest BCUT2D eigenvalue weighted by molar-refractivity contribution is 5.97. The number of H-pyrrole nitrogens is 1. The van der Waals surface area contributed by atoms with Gasteiger partial charge < -0.3 is 11.1 Å². The van der Waals surface area contributed by atoms with Crippen molar-refractivity contribution >= 4 is 34.8 Å². The minimum absolute atomic E-state index is 0. The summed E-state index contributed by atoms with van der Waals surface area (Å²) in [5.74, 6) is 0.320. The van der Waals surface area contributed by atoms with Crippen molar-refractivity contribution in [1.82, 2.24) is 10.2 Å². The van der Waals surface area contributed by atoms with Gasteiger partial charge in [-0.2, -0.15) is 5.10 Å². The van der Waals surface area contributed by atoms with Crippen molar-refractivity contribution in [3.63, 3.8) is 0 Å². The number of benzene rings is 2. The fraction of sp³-hybridized carbons (Fsp3) is 0.211. The van der Waals surface area contributed by atoms with Crippen molar-refractivity contribution in [2.24, 2.45) is 17.6 Å². The van der Waals surface area contributed by atoms with Crippen LogP contribution in [0.25, 0.3) is 22.0 Å². The van der Waals surface area contributed by atoms with Crippen molar-refractivity contribution in [3.05, 3.63) is 58.9 Å². The van der Waals surface area contributed by atoms with E-state index < -0.39 is 0 Å². The molecule has 0 bridgehead atoms. The lowest BCUT2D eigenvalue weighted by molar-refractivity contribution is -0.117. The van der Waals surface area contributed by atoms with Crippen LogP contribution in [0.1, 0.15) is 6.42 Å². The normalized spacial score (nSPS) is 18.2. The average molecular weight is 371 g/mol. The number of nitrogens with two attached hydrogens (primary N) is 1. The fourth-order valence-corrected chi connectivity index (χ4v) is 3.14. The van der Waals surface area contributed by atoms with E-state index in [2.05, 4.69) is 15.5 Å². The number of nitrogens with zero attached hydrogens (tertiary/aromatic N) is 1. The molecule has 1 aromatic heterocycles. The molecular formula is C19H19ClN4O2. The molecule has 3 aromatic rings. The van der Waals surface area contributed by atoms with Gasteiger partial charge in [-0.15, -0.1) is 12.4 Å². The van der Waals surface area contributed by atoms with E-state index in [1.165, 1.54) is 0 Å². The number of nitrogens with one attached hydrogen (secondary N) is 2. The second-order valence-electron chi connectivity index (χ2n) is 6.35. The van der Waals surface area contributed by atoms with Crippen LogP contribution < -0.4 is 16.6 Å². The second-order valence-corrected chi connectivity index (χ2v) is 6.35. The number of hydrogen-bond donors (Lipinski definition) is 3. The molecule has 4 N–H and O–H groups in total. The van der Waals surface area contributed by atoms with Crippen LogP contribution in [0.5, 0.6) is 0 Å². The van der Waals surface area contributed by atoms with Gasteiger partial charge in [0.15, 0.2) is 0 Å². The summed E-state index contributed by atoms with van der Waals surface area (Å²) in [6.45, 7) is 0.547. The van der Waals surface area contributed by atoms with Gasteiger partial charge >= 0.3 is 0 Å². The summed E-state index contributed by atoms with van der Waals surface area (Å²) >= 11 is 0. The van der Waals surface area contributed by atoms with Gasteiger partial charge in [0.2, 0.25) is 5.91 Å². The zero-order chi connectivity index (χ0) is 17.4. The van der Waals surface area contributed by atoms with E-state index in [1.54, 1.807) is 6.07 Å². The number of carbonyl (C=O) groups is 1. The third kappa shape index (κ3) is 3.34. The highest BCUT2D eigenvalue weighted by Crippen LogP contribution is 2.38. The van der Waals surface area contributed by atoms with Crippen LogP contribution in [0.4, 0.5) is 5.69 Å². The lowest BCUT2D eigenvalue weighted by atomic mass is 10.0. The molecular weight excluding hydrogens is 352 g/mol. The molecule has 7 heteroatoms. The number of halogens is 1. The number of hydrogen-bond acceptors (Lipinski definition) is 4. The van der Waals surface area contributed by atoms with E-state index in [9.17, 15) is 9.59 Å². The molecule has 2 atom stereocenters. The zero-order valence-corrected chi connectivity index (χ0v) is 14.8. The molecule has 2 aromatic carbocycles. The number of rotatable bonds is 4. The predicted molar refractivity (Wildman–Crippen MR) is 104 cm³/mol. The molecule has 0 spiro atoms. The van der Waals surface area contributed by atoms with Crippen LogP contribution in [-0.2, 0) is 4.79 Å². The van der Waals surface area contributed by atoms with E-state index in [0.29, 0.717) is 29.2 Å². The Hall–Kier alpha value is -2.70. The van der Waals surface area contributed by atoms with Crippen molar-refractivity contribution in [2.75, 3.05) is 11.9 Å². The Balaban J connectivity index is 0.00000196. The number of aromatic nitrogens is 2. The van der Waals surface area contributed by atoms with E-state index >= 15 is 0 Å². The summed E-state index contributed by atoms with van der Waals surface area (Å²) in [5.41, 5.74) is 7.60. The quantitative estimate of drug-likeness (QED) is 0.656. The number of fused-ring (bicyclic) bond motifs is 1. The van der Waals surface area contributed by atoms with Gasteiger partial charge in [0, 0.05) is 22.6 Å². The molecule has 0 aliphatic heterocycles. The van der Waals surface area contributed by atoms with Crippen LogP contribution in [0.15, 0.2) is 53.3 Å². The lowest BCUT2D eigenvalue weighted by Gasteiger charge is -2.09. The summed E-state index contributed by atoms with van der Waals surface area (Å²) in [6.07, 6.45) is 0.855. The summed E-state index contributed by atoms with van der Waals surface area (Å²) < 4.78 is 0. The average Bonchev–Trinajstić information content (AvgIpc) is 3.43. The SMILES string of the molecule is Cl.NC[C@H]1C[C@@H]1C(=O)Nc1cccc(-c2n[nH]c(=O)c3ccccc23)c1. The first kappa shape index (κ1) is 18.1. The highest BCUT2D eigenvalue weighted by atomic mass is 35.5. The van der Waals surface area contributed by atoms with Crippen LogP contribution in [-0.4, -0.2) is 22.6 Å². The van der Waals surface area contributed by atoms with Crippen LogP contribution in [0.3, 0.4) is 0 Å². The maximum Gasteiger partial charge on any atom is 0.272 e. The maximum absolute atomic E-state index is 12.2. The highest BCUT2D eigenvalue weighted by Gasteiger charge is 2.41.